The first-order chi connectivity index (χ1) is 9.65. The molecule has 4 nitrogen and oxygen atoms in total. The molecule has 0 amide bonds. The summed E-state index contributed by atoms with van der Waals surface area (Å²) in [6, 6.07) is 0.521. The van der Waals surface area contributed by atoms with Gasteiger partial charge in [0.1, 0.15) is 5.54 Å². The van der Waals surface area contributed by atoms with Crippen molar-refractivity contribution in [2.45, 2.75) is 64.0 Å². The molecule has 2 atom stereocenters. The van der Waals surface area contributed by atoms with Crippen LogP contribution < -0.4 is 5.32 Å². The standard InChI is InChI=1S/C16H30N2O2/c1-4-17-16(15(19)20-3)10-6-7-14(11-16)18(5-2)12-13-8-9-13/h13-14,17H,4-12H2,1-3H3. The molecular formula is C16H30N2O2. The lowest BCUT2D eigenvalue weighted by atomic mass is 9.78. The van der Waals surface area contributed by atoms with E-state index in [1.54, 1.807) is 0 Å². The summed E-state index contributed by atoms with van der Waals surface area (Å²) in [7, 11) is 1.51. The van der Waals surface area contributed by atoms with Gasteiger partial charge in [-0.25, -0.2) is 0 Å². The van der Waals surface area contributed by atoms with E-state index in [0.29, 0.717) is 6.04 Å². The van der Waals surface area contributed by atoms with E-state index in [0.717, 1.165) is 38.3 Å². The van der Waals surface area contributed by atoms with Gasteiger partial charge in [-0.05, 0) is 57.5 Å². The number of esters is 1. The third kappa shape index (κ3) is 3.53. The van der Waals surface area contributed by atoms with Crippen LogP contribution in [0.25, 0.3) is 0 Å². The summed E-state index contributed by atoms with van der Waals surface area (Å²) in [4.78, 5) is 14.9. The molecule has 2 fully saturated rings. The monoisotopic (exact) mass is 282 g/mol. The second kappa shape index (κ2) is 6.90. The van der Waals surface area contributed by atoms with Gasteiger partial charge in [-0.1, -0.05) is 13.8 Å². The number of likely N-dealkylation sites (N-methyl/N-ethyl adjacent to an activating group) is 1. The Bertz CT molecular complexity index is 326. The zero-order chi connectivity index (χ0) is 14.6. The van der Waals surface area contributed by atoms with Crippen LogP contribution in [0.1, 0.15) is 52.4 Å². The lowest BCUT2D eigenvalue weighted by Crippen LogP contribution is -2.58. The molecule has 0 aromatic carbocycles. The van der Waals surface area contributed by atoms with Gasteiger partial charge >= 0.3 is 5.97 Å². The summed E-state index contributed by atoms with van der Waals surface area (Å²) in [5, 5.41) is 3.43. The third-order valence-electron chi connectivity index (χ3n) is 4.93. The van der Waals surface area contributed by atoms with E-state index >= 15 is 0 Å². The molecule has 0 radical (unpaired) electrons. The number of carbonyl (C=O) groups excluding carboxylic acids is 1. The number of ether oxygens (including phenoxy) is 1. The minimum absolute atomic E-state index is 0.0773. The molecule has 2 saturated carbocycles. The molecule has 0 heterocycles. The first-order valence-electron chi connectivity index (χ1n) is 8.22. The average Bonchev–Trinajstić information content (AvgIpc) is 3.28. The second-order valence-electron chi connectivity index (χ2n) is 6.39. The fourth-order valence-electron chi connectivity index (χ4n) is 3.68. The summed E-state index contributed by atoms with van der Waals surface area (Å²) in [5.41, 5.74) is -0.455. The molecule has 2 rings (SSSR count). The molecule has 2 aliphatic carbocycles. The molecular weight excluding hydrogens is 252 g/mol. The lowest BCUT2D eigenvalue weighted by Gasteiger charge is -2.43. The number of carbonyl (C=O) groups is 1. The zero-order valence-electron chi connectivity index (χ0n) is 13.3. The summed E-state index contributed by atoms with van der Waals surface area (Å²) in [6.07, 6.45) is 6.90. The summed E-state index contributed by atoms with van der Waals surface area (Å²) in [5.74, 6) is 0.829. The van der Waals surface area contributed by atoms with E-state index < -0.39 is 5.54 Å². The predicted molar refractivity (Wildman–Crippen MR) is 80.7 cm³/mol. The second-order valence-corrected chi connectivity index (χ2v) is 6.39. The minimum atomic E-state index is -0.455. The van der Waals surface area contributed by atoms with Gasteiger partial charge in [0.25, 0.3) is 0 Å². The van der Waals surface area contributed by atoms with Crippen LogP contribution in [0.15, 0.2) is 0 Å². The maximum atomic E-state index is 12.3. The largest absolute Gasteiger partial charge is 0.468 e. The Balaban J connectivity index is 2.05. The molecule has 2 aliphatic rings. The van der Waals surface area contributed by atoms with E-state index in [9.17, 15) is 4.79 Å². The Hall–Kier alpha value is -0.610. The van der Waals surface area contributed by atoms with E-state index in [4.69, 9.17) is 4.74 Å². The average molecular weight is 282 g/mol. The fourth-order valence-corrected chi connectivity index (χ4v) is 3.68. The van der Waals surface area contributed by atoms with Crippen molar-refractivity contribution in [2.75, 3.05) is 26.7 Å². The number of hydrogen-bond acceptors (Lipinski definition) is 4. The maximum Gasteiger partial charge on any atom is 0.326 e. The zero-order valence-corrected chi connectivity index (χ0v) is 13.3. The number of hydrogen-bond donors (Lipinski definition) is 1. The van der Waals surface area contributed by atoms with Crippen molar-refractivity contribution < 1.29 is 9.53 Å². The molecule has 0 saturated heterocycles. The topological polar surface area (TPSA) is 41.6 Å². The van der Waals surface area contributed by atoms with Crippen molar-refractivity contribution in [3.63, 3.8) is 0 Å². The molecule has 4 heteroatoms. The van der Waals surface area contributed by atoms with Crippen molar-refractivity contribution in [3.8, 4) is 0 Å². The van der Waals surface area contributed by atoms with Crippen LogP contribution in [0.3, 0.4) is 0 Å². The van der Waals surface area contributed by atoms with Gasteiger partial charge in [0.2, 0.25) is 0 Å². The van der Waals surface area contributed by atoms with Gasteiger partial charge in [-0.2, -0.15) is 0 Å². The number of rotatable bonds is 7. The van der Waals surface area contributed by atoms with Gasteiger partial charge in [0.05, 0.1) is 7.11 Å². The van der Waals surface area contributed by atoms with E-state index in [2.05, 4.69) is 24.1 Å². The highest BCUT2D eigenvalue weighted by Gasteiger charge is 2.44. The molecule has 2 unspecified atom stereocenters. The Morgan fingerprint density at radius 3 is 2.65 bits per heavy atom. The Morgan fingerprint density at radius 1 is 1.35 bits per heavy atom. The van der Waals surface area contributed by atoms with Gasteiger partial charge in [0, 0.05) is 12.6 Å². The Kier molecular flexibility index (Phi) is 5.44. The first-order valence-corrected chi connectivity index (χ1v) is 8.22. The summed E-state index contributed by atoms with van der Waals surface area (Å²) >= 11 is 0. The van der Waals surface area contributed by atoms with Gasteiger partial charge in [-0.3, -0.25) is 4.79 Å². The fraction of sp³-hybridized carbons (Fsp3) is 0.938. The molecule has 1 N–H and O–H groups in total. The first kappa shape index (κ1) is 15.8. The van der Waals surface area contributed by atoms with Gasteiger partial charge < -0.3 is 15.0 Å². The summed E-state index contributed by atoms with van der Waals surface area (Å²) in [6.45, 7) is 7.42. The highest BCUT2D eigenvalue weighted by molar-refractivity contribution is 5.81. The van der Waals surface area contributed by atoms with Crippen molar-refractivity contribution in [3.05, 3.63) is 0 Å². The predicted octanol–water partition coefficient (Wildman–Crippen LogP) is 2.18. The van der Waals surface area contributed by atoms with Crippen LogP contribution in [-0.2, 0) is 9.53 Å². The van der Waals surface area contributed by atoms with Crippen molar-refractivity contribution in [1.82, 2.24) is 10.2 Å². The minimum Gasteiger partial charge on any atom is -0.468 e. The smallest absolute Gasteiger partial charge is 0.326 e. The van der Waals surface area contributed by atoms with Crippen LogP contribution in [0, 0.1) is 5.92 Å². The highest BCUT2D eigenvalue weighted by atomic mass is 16.5. The molecule has 20 heavy (non-hydrogen) atoms. The molecule has 116 valence electrons. The van der Waals surface area contributed by atoms with Crippen LogP contribution >= 0.6 is 0 Å². The van der Waals surface area contributed by atoms with Crippen LogP contribution in [0.4, 0.5) is 0 Å². The lowest BCUT2D eigenvalue weighted by molar-refractivity contribution is -0.151. The van der Waals surface area contributed by atoms with E-state index in [1.807, 2.05) is 0 Å². The van der Waals surface area contributed by atoms with Gasteiger partial charge in [0.15, 0.2) is 0 Å². The van der Waals surface area contributed by atoms with E-state index in [1.165, 1.54) is 32.9 Å². The quantitative estimate of drug-likeness (QED) is 0.727. The number of nitrogens with zero attached hydrogens (tertiary/aromatic N) is 1. The molecule has 0 aromatic heterocycles. The van der Waals surface area contributed by atoms with Crippen molar-refractivity contribution in [1.29, 1.82) is 0 Å². The SMILES string of the molecule is CCNC1(C(=O)OC)CCCC(N(CC)CC2CC2)C1. The summed E-state index contributed by atoms with van der Waals surface area (Å²) < 4.78 is 5.08. The van der Waals surface area contributed by atoms with Crippen LogP contribution in [-0.4, -0.2) is 49.2 Å². The Morgan fingerprint density at radius 2 is 2.10 bits per heavy atom. The van der Waals surface area contributed by atoms with Crippen LogP contribution in [0.5, 0.6) is 0 Å². The van der Waals surface area contributed by atoms with Crippen LogP contribution in [0.2, 0.25) is 0 Å². The third-order valence-corrected chi connectivity index (χ3v) is 4.93. The molecule has 0 bridgehead atoms. The number of nitrogens with one attached hydrogen (secondary N) is 1. The van der Waals surface area contributed by atoms with Crippen molar-refractivity contribution >= 4 is 5.97 Å². The van der Waals surface area contributed by atoms with Crippen molar-refractivity contribution in [2.24, 2.45) is 5.92 Å². The highest BCUT2D eigenvalue weighted by Crippen LogP contribution is 2.35. The van der Waals surface area contributed by atoms with Gasteiger partial charge in [-0.15, -0.1) is 0 Å². The maximum absolute atomic E-state index is 12.3. The molecule has 0 aromatic rings. The van der Waals surface area contributed by atoms with E-state index in [-0.39, 0.29) is 5.97 Å². The Labute approximate surface area is 123 Å². The molecule has 0 aliphatic heterocycles. The number of methoxy groups -OCH3 is 1. The normalized spacial score (nSPS) is 30.5. The molecule has 0 spiro atoms.